The maximum absolute atomic E-state index is 2.48. The maximum Gasteiger partial charge on any atom is 0.0714 e. The van der Waals surface area contributed by atoms with Crippen molar-refractivity contribution in [2.75, 3.05) is 4.90 Å². The van der Waals surface area contributed by atoms with Crippen LogP contribution in [0.4, 0.5) is 11.4 Å². The Labute approximate surface area is 371 Å². The van der Waals surface area contributed by atoms with E-state index in [0.29, 0.717) is 0 Å². The number of anilines is 2. The zero-order chi connectivity index (χ0) is 42.0. The monoisotopic (exact) mass is 807 g/mol. The molecule has 0 amide bonds. The molecule has 0 bridgehead atoms. The molecule has 0 aliphatic heterocycles. The van der Waals surface area contributed by atoms with Gasteiger partial charge in [-0.3, -0.25) is 0 Å². The number of hydrogen-bond donors (Lipinski definition) is 0. The third-order valence-corrected chi connectivity index (χ3v) is 14.7. The summed E-state index contributed by atoms with van der Waals surface area (Å²) in [7, 11) is 0. The first-order valence-electron chi connectivity index (χ1n) is 22.8. The molecule has 0 radical (unpaired) electrons. The van der Waals surface area contributed by atoms with E-state index in [1.165, 1.54) is 114 Å². The van der Waals surface area contributed by atoms with Gasteiger partial charge in [-0.1, -0.05) is 195 Å². The average molecular weight is 808 g/mol. The lowest BCUT2D eigenvalue weighted by atomic mass is 9.67. The highest BCUT2D eigenvalue weighted by atomic mass is 15.1. The van der Waals surface area contributed by atoms with Gasteiger partial charge in [0.2, 0.25) is 0 Å². The van der Waals surface area contributed by atoms with Crippen LogP contribution in [0.2, 0.25) is 0 Å². The predicted octanol–water partition coefficient (Wildman–Crippen LogP) is 14.2. The van der Waals surface area contributed by atoms with Gasteiger partial charge >= 0.3 is 0 Å². The summed E-state index contributed by atoms with van der Waals surface area (Å²) in [5, 5.41) is 2.57. The number of nitrogens with zero attached hydrogens (tertiary/aromatic N) is 1. The first-order chi connectivity index (χ1) is 31.2. The minimum atomic E-state index is -0.485. The second-order valence-electron chi connectivity index (χ2n) is 17.8. The number of hydrogen-bond acceptors (Lipinski definition) is 1. The summed E-state index contributed by atoms with van der Waals surface area (Å²) < 4.78 is 0. The average Bonchev–Trinajstić information content (AvgIpc) is 4.05. The maximum atomic E-state index is 2.48. The van der Waals surface area contributed by atoms with Crippen LogP contribution >= 0.6 is 0 Å². The molecule has 0 unspecified atom stereocenters. The van der Waals surface area contributed by atoms with Gasteiger partial charge in [-0.25, -0.2) is 0 Å². The summed E-state index contributed by atoms with van der Waals surface area (Å²) in [5.41, 5.74) is 20.6. The van der Waals surface area contributed by atoms with E-state index in [4.69, 9.17) is 0 Å². The molecule has 0 atom stereocenters. The lowest BCUT2D eigenvalue weighted by molar-refractivity contribution is 0.550. The standard InChI is InChI=1S/C62H49N/c1-2-43-17-9-10-22-52(43)45-29-34-50(35-30-45)63(49-32-27-44(28-33-49)46-31-38-58-56(41-46)54-24-11-13-25-57(54)61(58)39-15-16-40-61)51-36-37-55-53-23-12-14-26-59(53)62(60(55)42-51,47-18-5-3-6-19-47)48-20-7-4-8-21-48/h2-14,17-29,31-38,41-42H,15-16,30,39-40H2,1H3/b43-2-,52-45-. The zero-order valence-corrected chi connectivity index (χ0v) is 35.8. The number of fused-ring (bicyclic) bond motifs is 8. The number of allylic oxidation sites excluding steroid dienone is 3. The van der Waals surface area contributed by atoms with E-state index in [1.807, 2.05) is 0 Å². The number of benzene rings is 8. The minimum absolute atomic E-state index is 0.181. The molecule has 63 heavy (non-hydrogen) atoms. The molecule has 8 aromatic carbocycles. The van der Waals surface area contributed by atoms with Gasteiger partial charge in [0.25, 0.3) is 0 Å². The van der Waals surface area contributed by atoms with Crippen LogP contribution in [0, 0.1) is 0 Å². The normalized spacial score (nSPS) is 17.2. The summed E-state index contributed by atoms with van der Waals surface area (Å²) in [6, 6.07) is 73.0. The molecule has 0 aromatic heterocycles. The van der Waals surface area contributed by atoms with Crippen molar-refractivity contribution in [3.8, 4) is 33.4 Å². The molecule has 1 spiro atoms. The summed E-state index contributed by atoms with van der Waals surface area (Å²) >= 11 is 0. The fourth-order valence-corrected chi connectivity index (χ4v) is 11.9. The van der Waals surface area contributed by atoms with Crippen molar-refractivity contribution in [3.05, 3.63) is 262 Å². The lowest BCUT2D eigenvalue weighted by Crippen LogP contribution is -2.29. The fraction of sp³-hybridized carbons (Fsp3) is 0.129. The molecule has 12 rings (SSSR count). The smallest absolute Gasteiger partial charge is 0.0714 e. The molecule has 4 aliphatic rings. The first kappa shape index (κ1) is 37.5. The highest BCUT2D eigenvalue weighted by Gasteiger charge is 2.47. The van der Waals surface area contributed by atoms with E-state index in [1.54, 1.807) is 0 Å². The quantitative estimate of drug-likeness (QED) is 0.162. The predicted molar refractivity (Wildman–Crippen MR) is 264 cm³/mol. The molecule has 302 valence electrons. The Bertz CT molecular complexity index is 3210. The molecule has 8 aromatic rings. The van der Waals surface area contributed by atoms with E-state index < -0.39 is 5.41 Å². The Morgan fingerprint density at radius 1 is 0.460 bits per heavy atom. The lowest BCUT2D eigenvalue weighted by Gasteiger charge is -2.35. The Morgan fingerprint density at radius 2 is 1.05 bits per heavy atom. The second-order valence-corrected chi connectivity index (χ2v) is 17.8. The van der Waals surface area contributed by atoms with Crippen LogP contribution in [0.1, 0.15) is 72.4 Å². The van der Waals surface area contributed by atoms with Crippen molar-refractivity contribution in [2.45, 2.75) is 49.9 Å². The van der Waals surface area contributed by atoms with Crippen molar-refractivity contribution in [2.24, 2.45) is 0 Å². The van der Waals surface area contributed by atoms with Gasteiger partial charge in [-0.05, 0) is 145 Å². The molecule has 0 N–H and O–H groups in total. The highest BCUT2D eigenvalue weighted by Crippen LogP contribution is 2.59. The van der Waals surface area contributed by atoms with Crippen LogP contribution in [-0.2, 0) is 10.8 Å². The number of rotatable bonds is 6. The van der Waals surface area contributed by atoms with E-state index in [9.17, 15) is 0 Å². The van der Waals surface area contributed by atoms with Crippen LogP contribution in [0.5, 0.6) is 0 Å². The van der Waals surface area contributed by atoms with Crippen LogP contribution in [0.3, 0.4) is 0 Å². The van der Waals surface area contributed by atoms with E-state index in [2.05, 4.69) is 230 Å². The van der Waals surface area contributed by atoms with Gasteiger partial charge in [0.15, 0.2) is 0 Å². The third-order valence-electron chi connectivity index (χ3n) is 14.7. The van der Waals surface area contributed by atoms with E-state index in [0.717, 1.165) is 17.8 Å². The van der Waals surface area contributed by atoms with Crippen LogP contribution in [0.15, 0.2) is 218 Å². The molecular formula is C62H49N. The van der Waals surface area contributed by atoms with Gasteiger partial charge in [-0.15, -0.1) is 0 Å². The van der Waals surface area contributed by atoms with Crippen molar-refractivity contribution in [1.29, 1.82) is 0 Å². The Kier molecular flexibility index (Phi) is 8.94. The van der Waals surface area contributed by atoms with Crippen LogP contribution < -0.4 is 15.3 Å². The SMILES string of the molecule is C/C=c1/cccc/c1=C1\C=CC(N(c2ccc(-c3ccc4c(c3)-c3ccccc3C43CCCC3)cc2)c2ccc3c(c2)C(c2ccccc2)(c2ccccc2)c2ccccc2-3)=CC1. The van der Waals surface area contributed by atoms with E-state index >= 15 is 0 Å². The summed E-state index contributed by atoms with van der Waals surface area (Å²) in [6.07, 6.45) is 15.2. The topological polar surface area (TPSA) is 3.24 Å². The molecule has 0 heterocycles. The molecule has 4 aliphatic carbocycles. The largest absolute Gasteiger partial charge is 0.311 e. The molecule has 0 saturated heterocycles. The van der Waals surface area contributed by atoms with Crippen molar-refractivity contribution in [3.63, 3.8) is 0 Å². The van der Waals surface area contributed by atoms with Gasteiger partial charge in [-0.2, -0.15) is 0 Å². The molecule has 1 fully saturated rings. The van der Waals surface area contributed by atoms with Gasteiger partial charge in [0.1, 0.15) is 0 Å². The Balaban J connectivity index is 1.01. The Morgan fingerprint density at radius 3 is 1.75 bits per heavy atom. The summed E-state index contributed by atoms with van der Waals surface area (Å²) in [6.45, 7) is 2.13. The van der Waals surface area contributed by atoms with Crippen molar-refractivity contribution < 1.29 is 0 Å². The first-order valence-corrected chi connectivity index (χ1v) is 22.8. The Hall–Kier alpha value is -7.22. The molecule has 1 saturated carbocycles. The second kappa shape index (κ2) is 15.0. The van der Waals surface area contributed by atoms with Gasteiger partial charge in [0.05, 0.1) is 5.41 Å². The van der Waals surface area contributed by atoms with Crippen molar-refractivity contribution >= 4 is 23.0 Å². The van der Waals surface area contributed by atoms with Crippen molar-refractivity contribution in [1.82, 2.24) is 0 Å². The third kappa shape index (κ3) is 5.76. The van der Waals surface area contributed by atoms with Gasteiger partial charge < -0.3 is 4.90 Å². The van der Waals surface area contributed by atoms with Crippen LogP contribution in [-0.4, -0.2) is 0 Å². The molecular weight excluding hydrogens is 759 g/mol. The minimum Gasteiger partial charge on any atom is -0.311 e. The fourth-order valence-electron chi connectivity index (χ4n) is 11.9. The van der Waals surface area contributed by atoms with Crippen LogP contribution in [0.25, 0.3) is 45.0 Å². The molecule has 1 nitrogen and oxygen atoms in total. The summed E-state index contributed by atoms with van der Waals surface area (Å²) in [4.78, 5) is 2.47. The molecule has 1 heteroatoms. The van der Waals surface area contributed by atoms with Gasteiger partial charge in [0, 0.05) is 22.5 Å². The highest BCUT2D eigenvalue weighted by molar-refractivity contribution is 5.90. The summed E-state index contributed by atoms with van der Waals surface area (Å²) in [5.74, 6) is 0. The van der Waals surface area contributed by atoms with E-state index in [-0.39, 0.29) is 5.41 Å². The zero-order valence-electron chi connectivity index (χ0n) is 35.8.